The van der Waals surface area contributed by atoms with Crippen LogP contribution in [0.5, 0.6) is 0 Å². The van der Waals surface area contributed by atoms with Crippen LogP contribution in [0.15, 0.2) is 11.1 Å². The van der Waals surface area contributed by atoms with Crippen LogP contribution in [0, 0.1) is 35.0 Å². The van der Waals surface area contributed by atoms with E-state index in [1.54, 1.807) is 0 Å². The highest BCUT2D eigenvalue weighted by Gasteiger charge is 2.84. The second kappa shape index (κ2) is 8.80. The summed E-state index contributed by atoms with van der Waals surface area (Å²) in [5.41, 5.74) is -2.52. The zero-order chi connectivity index (χ0) is 28.3. The molecule has 218 valence electrons. The standard InChI is InChI=1S/C27H38O11S/c1-12-8-19(36-24(31)15(12)11-28)13(2)16-4-5-17-14-9-22-27(37-22)23(30)20(38-39(33,34)35)10-21(29)26(27,32)18(14)6-7-25(16,17)3/h13-14,16-20,22-23,28,30,32H,4-11H2,1-3H3,(H,33,34,35). The third-order valence-corrected chi connectivity index (χ3v) is 12.1. The third kappa shape index (κ3) is 3.71. The fraction of sp³-hybridized carbons (Fsp3) is 0.852. The van der Waals surface area contributed by atoms with Crippen LogP contribution in [0.3, 0.4) is 0 Å². The Balaban J connectivity index is 1.25. The van der Waals surface area contributed by atoms with Gasteiger partial charge in [0.2, 0.25) is 0 Å². The van der Waals surface area contributed by atoms with E-state index < -0.39 is 64.0 Å². The smallest absolute Gasteiger partial charge is 0.397 e. The number of ether oxygens (including phenoxy) is 2. The van der Waals surface area contributed by atoms with Crippen molar-refractivity contribution in [1.29, 1.82) is 0 Å². The van der Waals surface area contributed by atoms with Gasteiger partial charge in [0.1, 0.15) is 18.3 Å². The molecule has 6 aliphatic rings. The monoisotopic (exact) mass is 570 g/mol. The molecule has 12 atom stereocenters. The van der Waals surface area contributed by atoms with Gasteiger partial charge in [-0.1, -0.05) is 19.4 Å². The van der Waals surface area contributed by atoms with Crippen molar-refractivity contribution >= 4 is 22.2 Å². The van der Waals surface area contributed by atoms with Crippen LogP contribution < -0.4 is 0 Å². The van der Waals surface area contributed by atoms with Gasteiger partial charge in [-0.3, -0.25) is 9.35 Å². The van der Waals surface area contributed by atoms with Crippen molar-refractivity contribution in [1.82, 2.24) is 0 Å². The van der Waals surface area contributed by atoms with Crippen LogP contribution in [0.25, 0.3) is 0 Å². The average Bonchev–Trinajstić information content (AvgIpc) is 3.48. The number of hydrogen-bond donors (Lipinski definition) is 4. The van der Waals surface area contributed by atoms with Crippen molar-refractivity contribution in [2.24, 2.45) is 35.0 Å². The quantitative estimate of drug-likeness (QED) is 0.211. The van der Waals surface area contributed by atoms with E-state index in [9.17, 15) is 33.3 Å². The van der Waals surface area contributed by atoms with Crippen molar-refractivity contribution in [2.45, 2.75) is 101 Å². The second-order valence-electron chi connectivity index (χ2n) is 13.1. The molecule has 1 spiro atoms. The highest BCUT2D eigenvalue weighted by molar-refractivity contribution is 7.80. The van der Waals surface area contributed by atoms with Crippen molar-refractivity contribution in [3.8, 4) is 0 Å². The molecule has 0 aromatic carbocycles. The summed E-state index contributed by atoms with van der Waals surface area (Å²) in [6.45, 7) is 5.92. The first kappa shape index (κ1) is 27.7. The zero-order valence-electron chi connectivity index (χ0n) is 22.4. The average molecular weight is 571 g/mol. The van der Waals surface area contributed by atoms with Crippen LogP contribution in [-0.4, -0.2) is 82.3 Å². The number of aliphatic hydroxyl groups is 3. The Morgan fingerprint density at radius 3 is 2.51 bits per heavy atom. The van der Waals surface area contributed by atoms with E-state index in [4.69, 9.17) is 14.0 Å². The largest absolute Gasteiger partial charge is 0.458 e. The first-order valence-electron chi connectivity index (χ1n) is 14.0. The molecule has 0 aromatic rings. The molecule has 4 saturated carbocycles. The Morgan fingerprint density at radius 2 is 1.87 bits per heavy atom. The number of carbonyl (C=O) groups is 2. The van der Waals surface area contributed by atoms with E-state index >= 15 is 0 Å². The van der Waals surface area contributed by atoms with Gasteiger partial charge in [0.05, 0.1) is 18.3 Å². The maximum absolute atomic E-state index is 13.5. The summed E-state index contributed by atoms with van der Waals surface area (Å²) in [7, 11) is -4.92. The minimum Gasteiger partial charge on any atom is -0.458 e. The molecule has 2 aliphatic heterocycles. The Kier molecular flexibility index (Phi) is 6.26. The zero-order valence-corrected chi connectivity index (χ0v) is 23.2. The van der Waals surface area contributed by atoms with E-state index in [1.807, 2.05) is 6.92 Å². The lowest BCUT2D eigenvalue weighted by Gasteiger charge is -2.58. The van der Waals surface area contributed by atoms with Gasteiger partial charge in [0.15, 0.2) is 17.0 Å². The third-order valence-electron chi connectivity index (χ3n) is 11.6. The fourth-order valence-electron chi connectivity index (χ4n) is 9.82. The number of aliphatic hydroxyl groups excluding tert-OH is 2. The first-order valence-corrected chi connectivity index (χ1v) is 15.3. The molecule has 0 bridgehead atoms. The number of ketones is 1. The van der Waals surface area contributed by atoms with Crippen LogP contribution in [0.1, 0.15) is 65.7 Å². The van der Waals surface area contributed by atoms with Gasteiger partial charge < -0.3 is 24.8 Å². The van der Waals surface area contributed by atoms with Gasteiger partial charge in [0.25, 0.3) is 0 Å². The molecule has 11 nitrogen and oxygen atoms in total. The van der Waals surface area contributed by atoms with Crippen molar-refractivity contribution in [2.75, 3.05) is 6.61 Å². The van der Waals surface area contributed by atoms with Gasteiger partial charge in [-0.2, -0.15) is 8.42 Å². The Morgan fingerprint density at radius 1 is 1.15 bits per heavy atom. The number of rotatable bonds is 5. The summed E-state index contributed by atoms with van der Waals surface area (Å²) in [5, 5.41) is 32.7. The topological polar surface area (TPSA) is 180 Å². The maximum atomic E-state index is 13.5. The summed E-state index contributed by atoms with van der Waals surface area (Å²) in [6, 6.07) is 0. The number of Topliss-reactive ketones (excluding diaryl/α,β-unsaturated/α-hetero) is 1. The molecule has 6 rings (SSSR count). The molecule has 39 heavy (non-hydrogen) atoms. The van der Waals surface area contributed by atoms with Crippen molar-refractivity contribution in [3.63, 3.8) is 0 Å². The Bertz CT molecular complexity index is 1230. The summed E-state index contributed by atoms with van der Waals surface area (Å²) in [4.78, 5) is 26.0. The molecule has 0 aromatic heterocycles. The van der Waals surface area contributed by atoms with E-state index in [0.717, 1.165) is 24.8 Å². The lowest BCUT2D eigenvalue weighted by Crippen LogP contribution is -2.73. The summed E-state index contributed by atoms with van der Waals surface area (Å²) < 4.78 is 48.1. The molecule has 0 radical (unpaired) electrons. The van der Waals surface area contributed by atoms with Gasteiger partial charge in [-0.15, -0.1) is 0 Å². The normalized spacial score (nSPS) is 49.9. The molecule has 5 fully saturated rings. The summed E-state index contributed by atoms with van der Waals surface area (Å²) >= 11 is 0. The predicted octanol–water partition coefficient (Wildman–Crippen LogP) is 1.10. The van der Waals surface area contributed by atoms with Gasteiger partial charge in [0, 0.05) is 18.8 Å². The molecule has 1 saturated heterocycles. The van der Waals surface area contributed by atoms with E-state index in [1.165, 1.54) is 0 Å². The van der Waals surface area contributed by atoms with Gasteiger partial charge in [-0.25, -0.2) is 8.98 Å². The number of epoxide rings is 1. The van der Waals surface area contributed by atoms with E-state index in [2.05, 4.69) is 18.0 Å². The van der Waals surface area contributed by atoms with Crippen molar-refractivity contribution in [3.05, 3.63) is 11.1 Å². The van der Waals surface area contributed by atoms with E-state index in [0.29, 0.717) is 24.8 Å². The minimum atomic E-state index is -4.92. The Hall–Kier alpha value is -1.41. The van der Waals surface area contributed by atoms with Crippen molar-refractivity contribution < 1.29 is 51.5 Å². The molecule has 12 unspecified atom stereocenters. The molecular weight excluding hydrogens is 532 g/mol. The minimum absolute atomic E-state index is 0.0294. The van der Waals surface area contributed by atoms with Crippen LogP contribution >= 0.6 is 0 Å². The molecule has 12 heteroatoms. The maximum Gasteiger partial charge on any atom is 0.397 e. The molecule has 2 heterocycles. The first-order chi connectivity index (χ1) is 18.2. The Labute approximate surface area is 227 Å². The number of cyclic esters (lactones) is 1. The summed E-state index contributed by atoms with van der Waals surface area (Å²) in [5.74, 6) is -1.04. The molecule has 0 amide bonds. The lowest BCUT2D eigenvalue weighted by molar-refractivity contribution is -0.209. The van der Waals surface area contributed by atoms with Gasteiger partial charge >= 0.3 is 16.4 Å². The number of esters is 1. The molecule has 4 N–H and O–H groups in total. The predicted molar refractivity (Wildman–Crippen MR) is 133 cm³/mol. The van der Waals surface area contributed by atoms with Crippen LogP contribution in [-0.2, 0) is 33.6 Å². The molecular formula is C27H38O11S. The van der Waals surface area contributed by atoms with E-state index in [-0.39, 0.29) is 41.8 Å². The number of fused-ring (bicyclic) bond motifs is 4. The highest BCUT2D eigenvalue weighted by Crippen LogP contribution is 2.71. The lowest BCUT2D eigenvalue weighted by atomic mass is 9.46. The number of hydrogen-bond acceptors (Lipinski definition) is 10. The van der Waals surface area contributed by atoms with Gasteiger partial charge in [-0.05, 0) is 68.1 Å². The van der Waals surface area contributed by atoms with Crippen LogP contribution in [0.2, 0.25) is 0 Å². The summed E-state index contributed by atoms with van der Waals surface area (Å²) in [6.07, 6.45) is -0.361. The highest BCUT2D eigenvalue weighted by atomic mass is 32.3. The number of carbonyl (C=O) groups excluding carboxylic acids is 2. The van der Waals surface area contributed by atoms with Crippen LogP contribution in [0.4, 0.5) is 0 Å². The molecule has 4 aliphatic carbocycles. The second-order valence-corrected chi connectivity index (χ2v) is 14.1. The fourth-order valence-corrected chi connectivity index (χ4v) is 10.3. The SMILES string of the molecule is CC1=C(CO)C(=O)OC(C(C)C2CCC3C4CC5OC56C(O)C(OS(=O)(=O)O)CC(=O)C6(O)C4CCC23C)C1.